The van der Waals surface area contributed by atoms with Crippen molar-refractivity contribution in [2.75, 3.05) is 11.4 Å². The second-order valence-electron chi connectivity index (χ2n) is 7.15. The molecule has 1 aliphatic heterocycles. The van der Waals surface area contributed by atoms with Gasteiger partial charge in [-0.3, -0.25) is 24.1 Å². The molecular weight excluding hydrogens is 372 g/mol. The molecular formula is C22H22N2O5. The molecule has 3 rings (SSSR count). The van der Waals surface area contributed by atoms with Crippen LogP contribution in [0.1, 0.15) is 30.0 Å². The number of aryl methyl sites for hydroxylation is 2. The molecule has 2 aromatic carbocycles. The van der Waals surface area contributed by atoms with Crippen LogP contribution in [0.2, 0.25) is 0 Å². The molecule has 1 heterocycles. The third-order valence-electron chi connectivity index (χ3n) is 5.04. The van der Waals surface area contributed by atoms with Gasteiger partial charge in [-0.2, -0.15) is 0 Å². The lowest BCUT2D eigenvalue weighted by atomic mass is 9.86. The maximum atomic E-state index is 13.2. The highest BCUT2D eigenvalue weighted by Crippen LogP contribution is 2.41. The summed E-state index contributed by atoms with van der Waals surface area (Å²) in [5.41, 5.74) is 0.467. The molecule has 0 bridgehead atoms. The third-order valence-corrected chi connectivity index (χ3v) is 5.04. The Bertz CT molecular complexity index is 986. The van der Waals surface area contributed by atoms with Crippen molar-refractivity contribution in [1.29, 1.82) is 0 Å². The van der Waals surface area contributed by atoms with E-state index in [9.17, 15) is 24.3 Å². The molecule has 1 aliphatic rings. The number of carbonyl (C=O) groups excluding carboxylic acids is 3. The van der Waals surface area contributed by atoms with Gasteiger partial charge in [0, 0.05) is 12.0 Å². The van der Waals surface area contributed by atoms with Crippen LogP contribution in [-0.4, -0.2) is 35.2 Å². The molecule has 0 aliphatic carbocycles. The van der Waals surface area contributed by atoms with Crippen LogP contribution in [0.15, 0.2) is 48.5 Å². The Hall–Kier alpha value is -3.48. The fraction of sp³-hybridized carbons (Fsp3) is 0.273. The first-order chi connectivity index (χ1) is 13.8. The zero-order valence-corrected chi connectivity index (χ0v) is 16.3. The zero-order chi connectivity index (χ0) is 21.2. The molecule has 2 amide bonds. The predicted octanol–water partition coefficient (Wildman–Crippen LogP) is 1.96. The van der Waals surface area contributed by atoms with Crippen molar-refractivity contribution in [3.63, 3.8) is 0 Å². The molecule has 150 valence electrons. The molecule has 0 aromatic heterocycles. The topological polar surface area (TPSA) is 104 Å². The first kappa shape index (κ1) is 20.3. The number of hydrogen-bond acceptors (Lipinski definition) is 4. The van der Waals surface area contributed by atoms with Crippen LogP contribution in [0.25, 0.3) is 0 Å². The third kappa shape index (κ3) is 3.76. The molecule has 1 atom stereocenters. The Balaban J connectivity index is 1.95. The van der Waals surface area contributed by atoms with Crippen LogP contribution in [0.5, 0.6) is 0 Å². The standard InChI is InChI=1S/C22H22N2O5/c1-14-8-10-18-17(12-14)22(15(2)25,21(29)24(18)13-20(27)28)23-19(26)11-9-16-6-4-3-5-7-16/h3-8,10,12H,9,11,13H2,1-2H3,(H,23,26)(H,27,28). The fourth-order valence-corrected chi connectivity index (χ4v) is 3.63. The van der Waals surface area contributed by atoms with Crippen molar-refractivity contribution in [2.24, 2.45) is 0 Å². The van der Waals surface area contributed by atoms with Crippen LogP contribution >= 0.6 is 0 Å². The fourth-order valence-electron chi connectivity index (χ4n) is 3.63. The van der Waals surface area contributed by atoms with Crippen LogP contribution in [-0.2, 0) is 31.1 Å². The summed E-state index contributed by atoms with van der Waals surface area (Å²) in [4.78, 5) is 50.9. The second-order valence-corrected chi connectivity index (χ2v) is 7.15. The first-order valence-corrected chi connectivity index (χ1v) is 9.26. The minimum Gasteiger partial charge on any atom is -0.480 e. The highest BCUT2D eigenvalue weighted by atomic mass is 16.4. The van der Waals surface area contributed by atoms with Crippen LogP contribution in [0, 0.1) is 6.92 Å². The van der Waals surface area contributed by atoms with Crippen molar-refractivity contribution in [3.8, 4) is 0 Å². The van der Waals surface area contributed by atoms with Crippen molar-refractivity contribution in [3.05, 3.63) is 65.2 Å². The van der Waals surface area contributed by atoms with Gasteiger partial charge in [0.05, 0.1) is 5.69 Å². The van der Waals surface area contributed by atoms with Crippen molar-refractivity contribution >= 4 is 29.3 Å². The van der Waals surface area contributed by atoms with Gasteiger partial charge in [-0.25, -0.2) is 0 Å². The van der Waals surface area contributed by atoms with Gasteiger partial charge >= 0.3 is 5.97 Å². The van der Waals surface area contributed by atoms with E-state index in [1.807, 2.05) is 30.3 Å². The Morgan fingerprint density at radius 3 is 2.41 bits per heavy atom. The maximum Gasteiger partial charge on any atom is 0.323 e. The van der Waals surface area contributed by atoms with Gasteiger partial charge in [0.1, 0.15) is 6.54 Å². The lowest BCUT2D eigenvalue weighted by Crippen LogP contribution is -2.57. The van der Waals surface area contributed by atoms with Crippen LogP contribution in [0.3, 0.4) is 0 Å². The van der Waals surface area contributed by atoms with Gasteiger partial charge in [0.2, 0.25) is 11.4 Å². The minimum absolute atomic E-state index is 0.0897. The van der Waals surface area contributed by atoms with Crippen molar-refractivity contribution < 1.29 is 24.3 Å². The Labute approximate surface area is 168 Å². The summed E-state index contributed by atoms with van der Waals surface area (Å²) in [6.45, 7) is 2.43. The van der Waals surface area contributed by atoms with E-state index in [-0.39, 0.29) is 6.42 Å². The largest absolute Gasteiger partial charge is 0.480 e. The number of nitrogens with one attached hydrogen (secondary N) is 1. The van der Waals surface area contributed by atoms with E-state index in [4.69, 9.17) is 0 Å². The quantitative estimate of drug-likeness (QED) is 0.699. The van der Waals surface area contributed by atoms with Gasteiger partial charge in [0.25, 0.3) is 5.91 Å². The van der Waals surface area contributed by atoms with E-state index in [2.05, 4.69) is 5.32 Å². The van der Waals surface area contributed by atoms with Gasteiger partial charge in [0.15, 0.2) is 5.78 Å². The number of rotatable bonds is 7. The number of fused-ring (bicyclic) bond motifs is 1. The van der Waals surface area contributed by atoms with Gasteiger partial charge < -0.3 is 10.4 Å². The number of ketones is 1. The van der Waals surface area contributed by atoms with E-state index in [1.54, 1.807) is 25.1 Å². The summed E-state index contributed by atoms with van der Waals surface area (Å²) in [5, 5.41) is 11.8. The number of nitrogens with zero attached hydrogens (tertiary/aromatic N) is 1. The number of carboxylic acids is 1. The molecule has 2 N–H and O–H groups in total. The van der Waals surface area contributed by atoms with Gasteiger partial charge in [-0.15, -0.1) is 0 Å². The monoisotopic (exact) mass is 394 g/mol. The van der Waals surface area contributed by atoms with Crippen molar-refractivity contribution in [1.82, 2.24) is 5.32 Å². The van der Waals surface area contributed by atoms with Gasteiger partial charge in [-0.05, 0) is 31.9 Å². The summed E-state index contributed by atoms with van der Waals surface area (Å²) in [6.07, 6.45) is 0.542. The van der Waals surface area contributed by atoms with E-state index in [0.29, 0.717) is 17.7 Å². The van der Waals surface area contributed by atoms with E-state index in [1.165, 1.54) is 6.92 Å². The number of Topliss-reactive ketones (excluding diaryl/α,β-unsaturated/α-hetero) is 1. The average molecular weight is 394 g/mol. The van der Waals surface area contributed by atoms with Crippen LogP contribution in [0.4, 0.5) is 5.69 Å². The molecule has 1 unspecified atom stereocenters. The molecule has 29 heavy (non-hydrogen) atoms. The number of amides is 2. The summed E-state index contributed by atoms with van der Waals surface area (Å²) in [5.74, 6) is -2.97. The smallest absolute Gasteiger partial charge is 0.323 e. The maximum absolute atomic E-state index is 13.2. The molecule has 0 saturated carbocycles. The molecule has 0 spiro atoms. The summed E-state index contributed by atoms with van der Waals surface area (Å²) in [6, 6.07) is 14.4. The number of hydrogen-bond donors (Lipinski definition) is 2. The second kappa shape index (κ2) is 7.87. The number of anilines is 1. The van der Waals surface area contributed by atoms with Crippen molar-refractivity contribution in [2.45, 2.75) is 32.2 Å². The molecule has 7 nitrogen and oxygen atoms in total. The highest BCUT2D eigenvalue weighted by Gasteiger charge is 2.56. The number of aliphatic carboxylic acids is 1. The Morgan fingerprint density at radius 1 is 1.10 bits per heavy atom. The summed E-state index contributed by atoms with van der Waals surface area (Å²) in [7, 11) is 0. The minimum atomic E-state index is -1.91. The zero-order valence-electron chi connectivity index (χ0n) is 16.3. The molecule has 7 heteroatoms. The van der Waals surface area contributed by atoms with Crippen LogP contribution < -0.4 is 10.2 Å². The molecule has 2 aromatic rings. The van der Waals surface area contributed by atoms with E-state index >= 15 is 0 Å². The summed E-state index contributed by atoms with van der Waals surface area (Å²) < 4.78 is 0. The lowest BCUT2D eigenvalue weighted by Gasteiger charge is -2.27. The van der Waals surface area contributed by atoms with Gasteiger partial charge in [-0.1, -0.05) is 48.0 Å². The van der Waals surface area contributed by atoms with E-state index < -0.39 is 35.7 Å². The Kier molecular flexibility index (Phi) is 5.50. The Morgan fingerprint density at radius 2 is 1.79 bits per heavy atom. The molecule has 0 fully saturated rings. The number of benzene rings is 2. The molecule has 0 saturated heterocycles. The number of carboxylic acid groups (broad SMARTS) is 1. The SMILES string of the molecule is CC(=O)C1(NC(=O)CCc2ccccc2)C(=O)N(CC(=O)O)c2ccc(C)cc21. The lowest BCUT2D eigenvalue weighted by molar-refractivity contribution is -0.141. The van der Waals surface area contributed by atoms with E-state index in [0.717, 1.165) is 16.0 Å². The normalized spacial score (nSPS) is 17.7. The molecule has 0 radical (unpaired) electrons. The first-order valence-electron chi connectivity index (χ1n) is 9.26. The average Bonchev–Trinajstić information content (AvgIpc) is 2.89. The highest BCUT2D eigenvalue weighted by molar-refractivity contribution is 6.23. The predicted molar refractivity (Wildman–Crippen MR) is 106 cm³/mol. The summed E-state index contributed by atoms with van der Waals surface area (Å²) >= 11 is 0. The number of carbonyl (C=O) groups is 4.